The summed E-state index contributed by atoms with van der Waals surface area (Å²) in [5.41, 5.74) is 0.210. The predicted octanol–water partition coefficient (Wildman–Crippen LogP) is 0.449. The predicted molar refractivity (Wildman–Crippen MR) is 34.3 cm³/mol. The van der Waals surface area contributed by atoms with E-state index in [9.17, 15) is 4.79 Å². The normalized spacial score (nSPS) is 19.7. The summed E-state index contributed by atoms with van der Waals surface area (Å²) >= 11 is 0. The number of rotatable bonds is 2. The minimum absolute atomic E-state index is 0.210. The van der Waals surface area contributed by atoms with Crippen LogP contribution in [0.5, 0.6) is 0 Å². The third kappa shape index (κ3) is 1.34. The van der Waals surface area contributed by atoms with Gasteiger partial charge in [-0.05, 0) is 6.92 Å². The van der Waals surface area contributed by atoms with Gasteiger partial charge in [-0.2, -0.15) is 0 Å². The van der Waals surface area contributed by atoms with Crippen molar-refractivity contribution in [1.29, 1.82) is 0 Å². The van der Waals surface area contributed by atoms with E-state index < -0.39 is 5.97 Å². The molecule has 0 amide bonds. The first kappa shape index (κ1) is 6.80. The zero-order valence-electron chi connectivity index (χ0n) is 5.53. The summed E-state index contributed by atoms with van der Waals surface area (Å²) < 4.78 is 9.19. The average Bonchev–Trinajstić information content (AvgIpc) is 2.31. The zero-order valence-corrected chi connectivity index (χ0v) is 5.53. The molecule has 0 bridgehead atoms. The standard InChI is InChI=1S/C6H7NO3/c1-2-9-3-5-6(8)10-4-7-5/h3-4H,2H2,1H3/b5-3-. The number of aliphatic imine (C=N–C) groups is 1. The first-order valence-electron chi connectivity index (χ1n) is 2.90. The molecule has 0 aromatic carbocycles. The van der Waals surface area contributed by atoms with Crippen LogP contribution in [0.2, 0.25) is 0 Å². The van der Waals surface area contributed by atoms with E-state index in [1.165, 1.54) is 6.26 Å². The number of esters is 1. The van der Waals surface area contributed by atoms with Crippen molar-refractivity contribution in [3.8, 4) is 0 Å². The van der Waals surface area contributed by atoms with Crippen molar-refractivity contribution < 1.29 is 14.3 Å². The Morgan fingerprint density at radius 2 is 2.70 bits per heavy atom. The summed E-state index contributed by atoms with van der Waals surface area (Å²) in [6, 6.07) is 0. The highest BCUT2D eigenvalue weighted by Crippen LogP contribution is 2.04. The Kier molecular flexibility index (Phi) is 2.04. The van der Waals surface area contributed by atoms with Crippen LogP contribution in [0.4, 0.5) is 0 Å². The molecule has 0 aromatic heterocycles. The molecule has 1 rings (SSSR count). The van der Waals surface area contributed by atoms with Crippen LogP contribution < -0.4 is 0 Å². The molecule has 4 nitrogen and oxygen atoms in total. The van der Waals surface area contributed by atoms with Crippen molar-refractivity contribution in [2.45, 2.75) is 6.92 Å². The number of ether oxygens (including phenoxy) is 2. The van der Waals surface area contributed by atoms with Gasteiger partial charge in [0, 0.05) is 0 Å². The lowest BCUT2D eigenvalue weighted by Gasteiger charge is -1.91. The average molecular weight is 141 g/mol. The molecule has 0 spiro atoms. The first-order valence-corrected chi connectivity index (χ1v) is 2.90. The van der Waals surface area contributed by atoms with Crippen LogP contribution in [-0.2, 0) is 14.3 Å². The Morgan fingerprint density at radius 1 is 1.90 bits per heavy atom. The van der Waals surface area contributed by atoms with Gasteiger partial charge in [-0.3, -0.25) is 0 Å². The number of carbonyl (C=O) groups is 1. The molecule has 0 aromatic rings. The van der Waals surface area contributed by atoms with Crippen molar-refractivity contribution in [2.24, 2.45) is 4.99 Å². The molecule has 0 saturated carbocycles. The lowest BCUT2D eigenvalue weighted by Crippen LogP contribution is -1.96. The SMILES string of the molecule is CCO/C=C1\N=COC1=O. The monoisotopic (exact) mass is 141 g/mol. The van der Waals surface area contributed by atoms with E-state index in [0.717, 1.165) is 6.40 Å². The van der Waals surface area contributed by atoms with Gasteiger partial charge in [-0.1, -0.05) is 0 Å². The molecule has 1 aliphatic heterocycles. The van der Waals surface area contributed by atoms with Gasteiger partial charge < -0.3 is 9.47 Å². The van der Waals surface area contributed by atoms with E-state index in [-0.39, 0.29) is 5.70 Å². The minimum Gasteiger partial charge on any atom is -0.499 e. The Labute approximate surface area is 58.2 Å². The highest BCUT2D eigenvalue weighted by atomic mass is 16.5. The molecule has 1 aliphatic rings. The second-order valence-electron chi connectivity index (χ2n) is 1.60. The van der Waals surface area contributed by atoms with Crippen molar-refractivity contribution in [3.63, 3.8) is 0 Å². The fourth-order valence-electron chi connectivity index (χ4n) is 0.485. The summed E-state index contributed by atoms with van der Waals surface area (Å²) in [5, 5.41) is 0. The fourth-order valence-corrected chi connectivity index (χ4v) is 0.485. The number of hydrogen-bond donors (Lipinski definition) is 0. The van der Waals surface area contributed by atoms with Gasteiger partial charge in [0.15, 0.2) is 12.1 Å². The minimum atomic E-state index is -0.464. The lowest BCUT2D eigenvalue weighted by molar-refractivity contribution is -0.129. The largest absolute Gasteiger partial charge is 0.499 e. The fraction of sp³-hybridized carbons (Fsp3) is 0.333. The number of hydrogen-bond acceptors (Lipinski definition) is 4. The molecule has 54 valence electrons. The van der Waals surface area contributed by atoms with Crippen molar-refractivity contribution in [1.82, 2.24) is 0 Å². The highest BCUT2D eigenvalue weighted by Gasteiger charge is 2.14. The molecule has 0 saturated heterocycles. The van der Waals surface area contributed by atoms with Crippen LogP contribution in [0.1, 0.15) is 6.92 Å². The maximum atomic E-state index is 10.6. The maximum Gasteiger partial charge on any atom is 0.366 e. The van der Waals surface area contributed by atoms with E-state index in [1.54, 1.807) is 0 Å². The van der Waals surface area contributed by atoms with Gasteiger partial charge in [0.1, 0.15) is 6.26 Å². The van der Waals surface area contributed by atoms with Crippen LogP contribution in [0.15, 0.2) is 17.0 Å². The van der Waals surface area contributed by atoms with E-state index >= 15 is 0 Å². The molecule has 0 N–H and O–H groups in total. The summed E-state index contributed by atoms with van der Waals surface area (Å²) in [6.45, 7) is 2.34. The maximum absolute atomic E-state index is 10.6. The second kappa shape index (κ2) is 3.00. The van der Waals surface area contributed by atoms with Gasteiger partial charge >= 0.3 is 5.97 Å². The third-order valence-electron chi connectivity index (χ3n) is 0.922. The van der Waals surface area contributed by atoms with E-state index in [2.05, 4.69) is 9.73 Å². The number of nitrogens with zero attached hydrogens (tertiary/aromatic N) is 1. The molecule has 1 heterocycles. The van der Waals surface area contributed by atoms with E-state index in [4.69, 9.17) is 4.74 Å². The molecular formula is C6H7NO3. The number of cyclic esters (lactones) is 1. The third-order valence-corrected chi connectivity index (χ3v) is 0.922. The van der Waals surface area contributed by atoms with E-state index in [0.29, 0.717) is 6.61 Å². The van der Waals surface area contributed by atoms with Crippen LogP contribution >= 0.6 is 0 Å². The van der Waals surface area contributed by atoms with Crippen LogP contribution in [0.3, 0.4) is 0 Å². The van der Waals surface area contributed by atoms with Gasteiger partial charge in [0.25, 0.3) is 0 Å². The van der Waals surface area contributed by atoms with Crippen LogP contribution in [0, 0.1) is 0 Å². The summed E-state index contributed by atoms with van der Waals surface area (Å²) in [7, 11) is 0. The Balaban J connectivity index is 2.54. The summed E-state index contributed by atoms with van der Waals surface area (Å²) in [4.78, 5) is 14.2. The van der Waals surface area contributed by atoms with Crippen LogP contribution in [-0.4, -0.2) is 19.0 Å². The van der Waals surface area contributed by atoms with Gasteiger partial charge in [0.2, 0.25) is 0 Å². The number of carbonyl (C=O) groups excluding carboxylic acids is 1. The quantitative estimate of drug-likeness (QED) is 0.318. The molecule has 0 atom stereocenters. The van der Waals surface area contributed by atoms with Crippen LogP contribution in [0.25, 0.3) is 0 Å². The Bertz CT molecular complexity index is 195. The summed E-state index contributed by atoms with van der Waals surface area (Å²) in [6.07, 6.45) is 2.37. The zero-order chi connectivity index (χ0) is 7.40. The molecular weight excluding hydrogens is 134 g/mol. The van der Waals surface area contributed by atoms with Gasteiger partial charge in [-0.15, -0.1) is 0 Å². The van der Waals surface area contributed by atoms with Crippen molar-refractivity contribution in [2.75, 3.05) is 6.61 Å². The van der Waals surface area contributed by atoms with Crippen molar-refractivity contribution in [3.05, 3.63) is 12.0 Å². The molecule has 4 heteroatoms. The molecule has 0 fully saturated rings. The van der Waals surface area contributed by atoms with Gasteiger partial charge in [-0.25, -0.2) is 9.79 Å². The summed E-state index contributed by atoms with van der Waals surface area (Å²) in [5.74, 6) is -0.464. The lowest BCUT2D eigenvalue weighted by atomic mass is 10.5. The molecule has 0 unspecified atom stereocenters. The van der Waals surface area contributed by atoms with E-state index in [1.807, 2.05) is 6.92 Å². The second-order valence-corrected chi connectivity index (χ2v) is 1.60. The topological polar surface area (TPSA) is 47.9 Å². The Morgan fingerprint density at radius 3 is 3.20 bits per heavy atom. The first-order chi connectivity index (χ1) is 4.84. The molecule has 0 radical (unpaired) electrons. The Hall–Kier alpha value is -1.32. The molecule has 0 aliphatic carbocycles. The van der Waals surface area contributed by atoms with Crippen molar-refractivity contribution >= 4 is 12.4 Å². The molecule has 10 heavy (non-hydrogen) atoms. The highest BCUT2D eigenvalue weighted by molar-refractivity contribution is 5.97. The van der Waals surface area contributed by atoms with Gasteiger partial charge in [0.05, 0.1) is 6.61 Å². The smallest absolute Gasteiger partial charge is 0.366 e.